The van der Waals surface area contributed by atoms with Crippen LogP contribution in [0.5, 0.6) is 0 Å². The standard InChI is InChI=1S/C14H10Cl2O/c1-9-5-7-10(8-6-9)11-3-2-4-12(13(11)15)14(16)17/h2-8H,1H3. The molecule has 0 bridgehead atoms. The fourth-order valence-electron chi connectivity index (χ4n) is 1.64. The fourth-order valence-corrected chi connectivity index (χ4v) is 2.17. The molecule has 2 aromatic rings. The van der Waals surface area contributed by atoms with E-state index in [9.17, 15) is 4.79 Å². The zero-order valence-electron chi connectivity index (χ0n) is 9.21. The van der Waals surface area contributed by atoms with E-state index in [-0.39, 0.29) is 0 Å². The molecule has 2 aromatic carbocycles. The summed E-state index contributed by atoms with van der Waals surface area (Å²) in [5, 5.41) is -0.139. The first-order chi connectivity index (χ1) is 8.09. The van der Waals surface area contributed by atoms with Gasteiger partial charge < -0.3 is 0 Å². The molecule has 0 atom stereocenters. The van der Waals surface area contributed by atoms with Gasteiger partial charge >= 0.3 is 0 Å². The van der Waals surface area contributed by atoms with Crippen LogP contribution in [0.3, 0.4) is 0 Å². The summed E-state index contributed by atoms with van der Waals surface area (Å²) in [4.78, 5) is 11.2. The van der Waals surface area contributed by atoms with Crippen LogP contribution >= 0.6 is 23.2 Å². The summed E-state index contributed by atoms with van der Waals surface area (Å²) in [6, 6.07) is 13.2. The van der Waals surface area contributed by atoms with Crippen molar-refractivity contribution < 1.29 is 4.79 Å². The minimum Gasteiger partial charge on any atom is -0.276 e. The minimum atomic E-state index is -0.538. The molecule has 0 fully saturated rings. The summed E-state index contributed by atoms with van der Waals surface area (Å²) in [6.45, 7) is 2.02. The maximum absolute atomic E-state index is 11.2. The van der Waals surface area contributed by atoms with Crippen LogP contribution in [0.15, 0.2) is 42.5 Å². The lowest BCUT2D eigenvalue weighted by Crippen LogP contribution is -1.92. The van der Waals surface area contributed by atoms with Gasteiger partial charge in [0, 0.05) is 5.56 Å². The van der Waals surface area contributed by atoms with Crippen molar-refractivity contribution in [1.82, 2.24) is 0 Å². The van der Waals surface area contributed by atoms with Gasteiger partial charge in [0.1, 0.15) is 0 Å². The highest BCUT2D eigenvalue weighted by molar-refractivity contribution is 6.69. The summed E-state index contributed by atoms with van der Waals surface area (Å²) < 4.78 is 0. The lowest BCUT2D eigenvalue weighted by molar-refractivity contribution is 0.108. The molecule has 0 saturated heterocycles. The van der Waals surface area contributed by atoms with Gasteiger partial charge in [-0.3, -0.25) is 4.79 Å². The Morgan fingerprint density at radius 3 is 2.29 bits per heavy atom. The van der Waals surface area contributed by atoms with E-state index in [2.05, 4.69) is 0 Å². The highest BCUT2D eigenvalue weighted by Gasteiger charge is 2.12. The average molecular weight is 265 g/mol. The second-order valence-corrected chi connectivity index (χ2v) is 4.53. The molecule has 0 amide bonds. The van der Waals surface area contributed by atoms with Gasteiger partial charge in [-0.15, -0.1) is 0 Å². The number of benzene rings is 2. The van der Waals surface area contributed by atoms with Crippen molar-refractivity contribution in [3.8, 4) is 11.1 Å². The maximum atomic E-state index is 11.2. The highest BCUT2D eigenvalue weighted by Crippen LogP contribution is 2.31. The molecular formula is C14H10Cl2O. The van der Waals surface area contributed by atoms with E-state index in [0.717, 1.165) is 11.1 Å². The van der Waals surface area contributed by atoms with Gasteiger partial charge in [0.25, 0.3) is 5.24 Å². The van der Waals surface area contributed by atoms with Crippen LogP contribution in [0.2, 0.25) is 5.02 Å². The molecule has 1 nitrogen and oxygen atoms in total. The third-order valence-electron chi connectivity index (χ3n) is 2.57. The topological polar surface area (TPSA) is 17.1 Å². The number of carbonyl (C=O) groups excluding carboxylic acids is 1. The molecule has 17 heavy (non-hydrogen) atoms. The second-order valence-electron chi connectivity index (χ2n) is 3.81. The van der Waals surface area contributed by atoms with Gasteiger partial charge in [-0.25, -0.2) is 0 Å². The Kier molecular flexibility index (Phi) is 3.51. The van der Waals surface area contributed by atoms with E-state index in [4.69, 9.17) is 23.2 Å². The number of carbonyl (C=O) groups is 1. The fraction of sp³-hybridized carbons (Fsp3) is 0.0714. The normalized spacial score (nSPS) is 10.3. The summed E-state index contributed by atoms with van der Waals surface area (Å²) >= 11 is 11.6. The summed E-state index contributed by atoms with van der Waals surface area (Å²) in [6.07, 6.45) is 0. The van der Waals surface area contributed by atoms with Crippen molar-refractivity contribution in [2.75, 3.05) is 0 Å². The summed E-state index contributed by atoms with van der Waals surface area (Å²) in [5.41, 5.74) is 3.30. The number of rotatable bonds is 2. The van der Waals surface area contributed by atoms with Crippen molar-refractivity contribution in [2.45, 2.75) is 6.92 Å². The number of aryl methyl sites for hydroxylation is 1. The van der Waals surface area contributed by atoms with E-state index in [0.29, 0.717) is 10.6 Å². The first-order valence-electron chi connectivity index (χ1n) is 5.15. The van der Waals surface area contributed by atoms with E-state index in [1.807, 2.05) is 37.3 Å². The zero-order chi connectivity index (χ0) is 12.4. The van der Waals surface area contributed by atoms with Gasteiger partial charge in [-0.1, -0.05) is 53.6 Å². The van der Waals surface area contributed by atoms with Crippen molar-refractivity contribution in [3.05, 3.63) is 58.6 Å². The lowest BCUT2D eigenvalue weighted by Gasteiger charge is -2.07. The van der Waals surface area contributed by atoms with Crippen LogP contribution in [-0.2, 0) is 0 Å². The minimum absolute atomic E-state index is 0.339. The van der Waals surface area contributed by atoms with Crippen LogP contribution in [0.4, 0.5) is 0 Å². The molecule has 0 unspecified atom stereocenters. The molecule has 0 aliphatic heterocycles. The molecule has 0 aliphatic carbocycles. The Hall–Kier alpha value is -1.31. The third-order valence-corrected chi connectivity index (χ3v) is 3.18. The van der Waals surface area contributed by atoms with E-state index in [1.165, 1.54) is 5.56 Å². The predicted octanol–water partition coefficient (Wildman–Crippen LogP) is 4.69. The molecule has 0 saturated carbocycles. The first-order valence-corrected chi connectivity index (χ1v) is 5.90. The summed E-state index contributed by atoms with van der Waals surface area (Å²) in [5.74, 6) is 0. The van der Waals surface area contributed by atoms with Crippen molar-refractivity contribution >= 4 is 28.4 Å². The van der Waals surface area contributed by atoms with Crippen molar-refractivity contribution in [1.29, 1.82) is 0 Å². The Morgan fingerprint density at radius 1 is 1.06 bits per heavy atom. The van der Waals surface area contributed by atoms with Crippen LogP contribution < -0.4 is 0 Å². The lowest BCUT2D eigenvalue weighted by atomic mass is 10.0. The Morgan fingerprint density at radius 2 is 1.71 bits per heavy atom. The molecule has 0 radical (unpaired) electrons. The third kappa shape index (κ3) is 2.51. The smallest absolute Gasteiger partial charge is 0.253 e. The maximum Gasteiger partial charge on any atom is 0.253 e. The Labute approximate surface area is 110 Å². The largest absolute Gasteiger partial charge is 0.276 e. The van der Waals surface area contributed by atoms with Crippen LogP contribution in [0, 0.1) is 6.92 Å². The van der Waals surface area contributed by atoms with Crippen LogP contribution in [0.1, 0.15) is 15.9 Å². The van der Waals surface area contributed by atoms with E-state index >= 15 is 0 Å². The van der Waals surface area contributed by atoms with Gasteiger partial charge in [-0.05, 0) is 30.2 Å². The molecule has 0 aliphatic rings. The van der Waals surface area contributed by atoms with Gasteiger partial charge in [0.15, 0.2) is 0 Å². The van der Waals surface area contributed by atoms with E-state index in [1.54, 1.807) is 12.1 Å². The molecule has 0 N–H and O–H groups in total. The van der Waals surface area contributed by atoms with Crippen molar-refractivity contribution in [3.63, 3.8) is 0 Å². The predicted molar refractivity (Wildman–Crippen MR) is 71.8 cm³/mol. The number of hydrogen-bond donors (Lipinski definition) is 0. The first kappa shape index (κ1) is 12.2. The van der Waals surface area contributed by atoms with Gasteiger partial charge in [0.2, 0.25) is 0 Å². The molecule has 86 valence electrons. The Balaban J connectivity index is 2.56. The zero-order valence-corrected chi connectivity index (χ0v) is 10.7. The summed E-state index contributed by atoms with van der Waals surface area (Å²) in [7, 11) is 0. The van der Waals surface area contributed by atoms with E-state index < -0.39 is 5.24 Å². The quantitative estimate of drug-likeness (QED) is 0.719. The molecule has 0 aromatic heterocycles. The molecule has 3 heteroatoms. The second kappa shape index (κ2) is 4.91. The molecule has 0 heterocycles. The Bertz CT molecular complexity index is 559. The molecule has 2 rings (SSSR count). The van der Waals surface area contributed by atoms with Crippen LogP contribution in [-0.4, -0.2) is 5.24 Å². The molecular weight excluding hydrogens is 255 g/mol. The highest BCUT2D eigenvalue weighted by atomic mass is 35.5. The van der Waals surface area contributed by atoms with Crippen molar-refractivity contribution in [2.24, 2.45) is 0 Å². The van der Waals surface area contributed by atoms with Gasteiger partial charge in [-0.2, -0.15) is 0 Å². The monoisotopic (exact) mass is 264 g/mol. The number of hydrogen-bond acceptors (Lipinski definition) is 1. The van der Waals surface area contributed by atoms with Gasteiger partial charge in [0.05, 0.1) is 10.6 Å². The number of halogens is 2. The van der Waals surface area contributed by atoms with Crippen LogP contribution in [0.25, 0.3) is 11.1 Å². The SMILES string of the molecule is Cc1ccc(-c2cccc(C(=O)Cl)c2Cl)cc1. The average Bonchev–Trinajstić information content (AvgIpc) is 2.30. The molecule has 0 spiro atoms.